The molecule has 3 N–H and O–H groups in total. The molecule has 2 aliphatic heterocycles. The van der Waals surface area contributed by atoms with E-state index in [0.717, 1.165) is 38.6 Å². The number of carbonyl (C=O) groups excluding carboxylic acids is 1. The monoisotopic (exact) mass is 455 g/mol. The van der Waals surface area contributed by atoms with Crippen LogP contribution in [0.25, 0.3) is 0 Å². The minimum absolute atomic E-state index is 0.00892. The second kappa shape index (κ2) is 9.83. The molecule has 2 aromatic rings. The van der Waals surface area contributed by atoms with Crippen LogP contribution in [0.1, 0.15) is 49.3 Å². The standard InChI is InChI=1S/C25H31F2N5O/c26-21-4-1-5-22(27)20(21)15-32-12-2-3-18(14-32)29-25(33)17-6-7-23-19(13-17)24(31-30-23)16-8-10-28-11-9-16/h1,4-5,8-11,17-19,23-24,30-31H,2-3,6-7,12-15H2,(H,29,33)/t17?,18-,19?,23?,24?/m1/s1. The Morgan fingerprint density at radius 1 is 1.09 bits per heavy atom. The van der Waals surface area contributed by atoms with E-state index < -0.39 is 11.6 Å². The summed E-state index contributed by atoms with van der Waals surface area (Å²) in [6.07, 6.45) is 8.05. The van der Waals surface area contributed by atoms with E-state index in [4.69, 9.17) is 0 Å². The molecule has 1 aromatic carbocycles. The van der Waals surface area contributed by atoms with Gasteiger partial charge in [0.25, 0.3) is 0 Å². The highest BCUT2D eigenvalue weighted by Gasteiger charge is 2.43. The third-order valence-corrected chi connectivity index (χ3v) is 7.48. The smallest absolute Gasteiger partial charge is 0.223 e. The van der Waals surface area contributed by atoms with Crippen LogP contribution in [0.4, 0.5) is 8.78 Å². The predicted molar refractivity (Wildman–Crippen MR) is 121 cm³/mol. The average Bonchev–Trinajstić information content (AvgIpc) is 3.26. The Balaban J connectivity index is 1.18. The lowest BCUT2D eigenvalue weighted by Gasteiger charge is -2.36. The van der Waals surface area contributed by atoms with Gasteiger partial charge in [-0.25, -0.2) is 14.2 Å². The van der Waals surface area contributed by atoms with E-state index in [1.807, 2.05) is 17.0 Å². The molecule has 0 radical (unpaired) electrons. The molecule has 5 rings (SSSR count). The van der Waals surface area contributed by atoms with Crippen LogP contribution in [0.2, 0.25) is 0 Å². The number of halogens is 2. The van der Waals surface area contributed by atoms with Crippen molar-refractivity contribution >= 4 is 5.91 Å². The lowest BCUT2D eigenvalue weighted by atomic mass is 9.74. The fourth-order valence-corrected chi connectivity index (χ4v) is 5.74. The van der Waals surface area contributed by atoms with E-state index in [9.17, 15) is 13.6 Å². The van der Waals surface area contributed by atoms with Crippen LogP contribution < -0.4 is 16.2 Å². The number of amides is 1. The number of fused-ring (bicyclic) bond motifs is 1. The van der Waals surface area contributed by atoms with Crippen LogP contribution in [-0.2, 0) is 11.3 Å². The third kappa shape index (κ3) is 4.93. The Labute approximate surface area is 193 Å². The molecule has 1 amide bonds. The summed E-state index contributed by atoms with van der Waals surface area (Å²) in [7, 11) is 0. The first-order chi connectivity index (χ1) is 16.1. The molecular formula is C25H31F2N5O. The molecule has 0 spiro atoms. The topological polar surface area (TPSA) is 69.3 Å². The van der Waals surface area contributed by atoms with Crippen molar-refractivity contribution in [2.24, 2.45) is 11.8 Å². The van der Waals surface area contributed by atoms with Gasteiger partial charge in [-0.3, -0.25) is 20.1 Å². The summed E-state index contributed by atoms with van der Waals surface area (Å²) in [5.74, 6) is -0.584. The molecule has 3 heterocycles. The maximum atomic E-state index is 14.1. The summed E-state index contributed by atoms with van der Waals surface area (Å²) in [5, 5.41) is 3.25. The lowest BCUT2D eigenvalue weighted by molar-refractivity contribution is -0.127. The number of nitrogens with one attached hydrogen (secondary N) is 3. The predicted octanol–water partition coefficient (Wildman–Crippen LogP) is 3.07. The quantitative estimate of drug-likeness (QED) is 0.647. The molecule has 33 heavy (non-hydrogen) atoms. The van der Waals surface area contributed by atoms with Gasteiger partial charge in [0.2, 0.25) is 5.91 Å². The first kappa shape index (κ1) is 22.4. The summed E-state index contributed by atoms with van der Waals surface area (Å²) in [4.78, 5) is 19.3. The molecular weight excluding hydrogens is 424 g/mol. The van der Waals surface area contributed by atoms with Crippen LogP contribution in [0.5, 0.6) is 0 Å². The number of aromatic nitrogens is 1. The first-order valence-electron chi connectivity index (χ1n) is 11.9. The largest absolute Gasteiger partial charge is 0.352 e. The van der Waals surface area contributed by atoms with Gasteiger partial charge in [-0.2, -0.15) is 0 Å². The Kier molecular flexibility index (Phi) is 6.66. The molecule has 3 aliphatic rings. The van der Waals surface area contributed by atoms with Gasteiger partial charge in [-0.15, -0.1) is 0 Å². The van der Waals surface area contributed by atoms with Gasteiger partial charge in [-0.1, -0.05) is 6.07 Å². The van der Waals surface area contributed by atoms with Crippen LogP contribution in [-0.4, -0.2) is 41.0 Å². The summed E-state index contributed by atoms with van der Waals surface area (Å²) in [6.45, 7) is 1.61. The highest BCUT2D eigenvalue weighted by atomic mass is 19.1. The van der Waals surface area contributed by atoms with Gasteiger partial charge in [0, 0.05) is 49.0 Å². The average molecular weight is 456 g/mol. The Hall–Kier alpha value is -2.42. The Bertz CT molecular complexity index is 954. The van der Waals surface area contributed by atoms with Crippen LogP contribution in [0, 0.1) is 23.5 Å². The summed E-state index contributed by atoms with van der Waals surface area (Å²) in [5.41, 5.74) is 8.12. The highest BCUT2D eigenvalue weighted by Crippen LogP contribution is 2.40. The lowest BCUT2D eigenvalue weighted by Crippen LogP contribution is -2.50. The molecule has 1 saturated carbocycles. The third-order valence-electron chi connectivity index (χ3n) is 7.48. The van der Waals surface area contributed by atoms with Gasteiger partial charge < -0.3 is 5.32 Å². The zero-order valence-corrected chi connectivity index (χ0v) is 18.6. The molecule has 6 nitrogen and oxygen atoms in total. The number of carbonyl (C=O) groups is 1. The molecule has 176 valence electrons. The molecule has 3 fully saturated rings. The fourth-order valence-electron chi connectivity index (χ4n) is 5.74. The van der Waals surface area contributed by atoms with E-state index in [1.54, 1.807) is 12.4 Å². The SMILES string of the molecule is O=C(N[C@@H]1CCCN(Cc2c(F)cccc2F)C1)C1CCC2NNC(c3ccncc3)C2C1. The van der Waals surface area contributed by atoms with Crippen molar-refractivity contribution in [3.8, 4) is 0 Å². The number of piperidine rings is 1. The summed E-state index contributed by atoms with van der Waals surface area (Å²) in [6, 6.07) is 8.59. The van der Waals surface area contributed by atoms with Crippen molar-refractivity contribution in [3.05, 3.63) is 65.5 Å². The maximum absolute atomic E-state index is 14.1. The molecule has 8 heteroatoms. The van der Waals surface area contributed by atoms with Gasteiger partial charge in [0.05, 0.1) is 6.04 Å². The van der Waals surface area contributed by atoms with Crippen molar-refractivity contribution in [1.82, 2.24) is 26.1 Å². The summed E-state index contributed by atoms with van der Waals surface area (Å²) < 4.78 is 28.1. The van der Waals surface area contributed by atoms with E-state index in [-0.39, 0.29) is 36.0 Å². The van der Waals surface area contributed by atoms with Crippen molar-refractivity contribution < 1.29 is 13.6 Å². The van der Waals surface area contributed by atoms with Crippen molar-refractivity contribution in [2.45, 2.75) is 56.8 Å². The molecule has 2 saturated heterocycles. The molecule has 5 atom stereocenters. The number of nitrogens with zero attached hydrogens (tertiary/aromatic N) is 2. The zero-order chi connectivity index (χ0) is 22.8. The first-order valence-corrected chi connectivity index (χ1v) is 11.9. The van der Waals surface area contributed by atoms with Crippen molar-refractivity contribution in [3.63, 3.8) is 0 Å². The van der Waals surface area contributed by atoms with E-state index >= 15 is 0 Å². The van der Waals surface area contributed by atoms with Gasteiger partial charge in [0.1, 0.15) is 11.6 Å². The maximum Gasteiger partial charge on any atom is 0.223 e. The second-order valence-electron chi connectivity index (χ2n) is 9.61. The van der Waals surface area contributed by atoms with Gasteiger partial charge >= 0.3 is 0 Å². The molecule has 4 unspecified atom stereocenters. The van der Waals surface area contributed by atoms with E-state index in [0.29, 0.717) is 18.5 Å². The van der Waals surface area contributed by atoms with Crippen LogP contribution >= 0.6 is 0 Å². The number of pyridine rings is 1. The van der Waals surface area contributed by atoms with Gasteiger partial charge in [0.15, 0.2) is 0 Å². The zero-order valence-electron chi connectivity index (χ0n) is 18.6. The number of rotatable bonds is 5. The fraction of sp³-hybridized carbons (Fsp3) is 0.520. The number of hydrazine groups is 1. The summed E-state index contributed by atoms with van der Waals surface area (Å²) >= 11 is 0. The number of hydrogen-bond donors (Lipinski definition) is 3. The van der Waals surface area contributed by atoms with Gasteiger partial charge in [-0.05, 0) is 74.4 Å². The van der Waals surface area contributed by atoms with E-state index in [2.05, 4.69) is 21.2 Å². The van der Waals surface area contributed by atoms with Crippen molar-refractivity contribution in [1.29, 1.82) is 0 Å². The number of hydrogen-bond acceptors (Lipinski definition) is 5. The van der Waals surface area contributed by atoms with E-state index in [1.165, 1.54) is 23.8 Å². The minimum Gasteiger partial charge on any atom is -0.352 e. The molecule has 0 bridgehead atoms. The number of likely N-dealkylation sites (tertiary alicyclic amines) is 1. The Morgan fingerprint density at radius 3 is 2.67 bits per heavy atom. The number of benzene rings is 1. The second-order valence-corrected chi connectivity index (χ2v) is 9.61. The highest BCUT2D eigenvalue weighted by molar-refractivity contribution is 5.79. The normalized spacial score (nSPS) is 30.1. The Morgan fingerprint density at radius 2 is 1.88 bits per heavy atom. The minimum atomic E-state index is -0.513. The van der Waals surface area contributed by atoms with Crippen LogP contribution in [0.3, 0.4) is 0 Å². The molecule has 1 aliphatic carbocycles. The van der Waals surface area contributed by atoms with Crippen molar-refractivity contribution in [2.75, 3.05) is 13.1 Å². The molecule has 1 aromatic heterocycles. The van der Waals surface area contributed by atoms with Crippen LogP contribution in [0.15, 0.2) is 42.7 Å².